The Balaban J connectivity index is 1.47. The summed E-state index contributed by atoms with van der Waals surface area (Å²) in [4.78, 5) is 14.5. The SMILES string of the molecule is N#Cc1ccccc1S(=O)(=O)N1CCN(C(=O)C2=Cc3ccccc3OC2)CC1. The number of nitriles is 1. The fourth-order valence-electron chi connectivity index (χ4n) is 3.50. The van der Waals surface area contributed by atoms with E-state index in [4.69, 9.17) is 4.74 Å². The minimum absolute atomic E-state index is 0.00210. The summed E-state index contributed by atoms with van der Waals surface area (Å²) in [5, 5.41) is 9.21. The molecule has 0 radical (unpaired) electrons. The van der Waals surface area contributed by atoms with Gasteiger partial charge in [-0.1, -0.05) is 30.3 Å². The molecule has 0 atom stereocenters. The van der Waals surface area contributed by atoms with Gasteiger partial charge in [-0.2, -0.15) is 9.57 Å². The fraction of sp³-hybridized carbons (Fsp3) is 0.238. The quantitative estimate of drug-likeness (QED) is 0.772. The molecule has 148 valence electrons. The lowest BCUT2D eigenvalue weighted by atomic mass is 10.1. The molecule has 0 N–H and O–H groups in total. The average Bonchev–Trinajstić information content (AvgIpc) is 2.78. The highest BCUT2D eigenvalue weighted by atomic mass is 32.2. The van der Waals surface area contributed by atoms with Gasteiger partial charge in [0.2, 0.25) is 10.0 Å². The number of nitrogens with zero attached hydrogens (tertiary/aromatic N) is 3. The lowest BCUT2D eigenvalue weighted by molar-refractivity contribution is -0.128. The van der Waals surface area contributed by atoms with Gasteiger partial charge in [-0.25, -0.2) is 8.42 Å². The average molecular weight is 409 g/mol. The van der Waals surface area contributed by atoms with Gasteiger partial charge in [0.05, 0.1) is 16.0 Å². The van der Waals surface area contributed by atoms with Crippen LogP contribution >= 0.6 is 0 Å². The van der Waals surface area contributed by atoms with Crippen LogP contribution in [0.1, 0.15) is 11.1 Å². The van der Waals surface area contributed by atoms with Gasteiger partial charge in [0.25, 0.3) is 5.91 Å². The molecule has 1 saturated heterocycles. The summed E-state index contributed by atoms with van der Waals surface area (Å²) < 4.78 is 32.8. The molecule has 0 aromatic heterocycles. The Bertz CT molecular complexity index is 1130. The molecule has 2 heterocycles. The highest BCUT2D eigenvalue weighted by Crippen LogP contribution is 2.27. The number of sulfonamides is 1. The Morgan fingerprint density at radius 2 is 1.69 bits per heavy atom. The van der Waals surface area contributed by atoms with E-state index in [9.17, 15) is 18.5 Å². The van der Waals surface area contributed by atoms with Crippen molar-refractivity contribution in [2.24, 2.45) is 0 Å². The molecule has 2 aliphatic heterocycles. The number of benzene rings is 2. The van der Waals surface area contributed by atoms with Crippen LogP contribution in [0, 0.1) is 11.3 Å². The zero-order chi connectivity index (χ0) is 20.4. The van der Waals surface area contributed by atoms with E-state index in [1.54, 1.807) is 17.0 Å². The number of hydrogen-bond acceptors (Lipinski definition) is 5. The maximum absolute atomic E-state index is 12.9. The van der Waals surface area contributed by atoms with Crippen LogP contribution < -0.4 is 4.74 Å². The molecule has 2 aliphatic rings. The molecule has 0 bridgehead atoms. The van der Waals surface area contributed by atoms with E-state index in [2.05, 4.69) is 0 Å². The number of hydrogen-bond donors (Lipinski definition) is 0. The lowest BCUT2D eigenvalue weighted by Gasteiger charge is -2.35. The number of carbonyl (C=O) groups excluding carboxylic acids is 1. The lowest BCUT2D eigenvalue weighted by Crippen LogP contribution is -2.51. The van der Waals surface area contributed by atoms with Crippen LogP contribution in [0.3, 0.4) is 0 Å². The van der Waals surface area contributed by atoms with Crippen molar-refractivity contribution in [1.29, 1.82) is 5.26 Å². The maximum Gasteiger partial charge on any atom is 0.253 e. The summed E-state index contributed by atoms with van der Waals surface area (Å²) in [5.74, 6) is 0.602. The topological polar surface area (TPSA) is 90.7 Å². The minimum atomic E-state index is -3.79. The molecule has 4 rings (SSSR count). The van der Waals surface area contributed by atoms with Crippen LogP contribution in [0.15, 0.2) is 59.0 Å². The van der Waals surface area contributed by atoms with Crippen molar-refractivity contribution >= 4 is 22.0 Å². The summed E-state index contributed by atoms with van der Waals surface area (Å²) in [6, 6.07) is 15.6. The predicted octanol–water partition coefficient (Wildman–Crippen LogP) is 1.87. The van der Waals surface area contributed by atoms with Crippen molar-refractivity contribution in [3.63, 3.8) is 0 Å². The molecular weight excluding hydrogens is 390 g/mol. The number of para-hydroxylation sites is 1. The second-order valence-corrected chi connectivity index (χ2v) is 8.71. The molecule has 2 aromatic carbocycles. The molecule has 1 fully saturated rings. The minimum Gasteiger partial charge on any atom is -0.488 e. The molecule has 0 saturated carbocycles. The first-order valence-electron chi connectivity index (χ1n) is 9.21. The van der Waals surface area contributed by atoms with Gasteiger partial charge < -0.3 is 9.64 Å². The standard InChI is InChI=1S/C21H19N3O4S/c22-14-17-6-2-4-8-20(17)29(26,27)24-11-9-23(10-12-24)21(25)18-13-16-5-1-3-7-19(16)28-15-18/h1-8,13H,9-12,15H2. The second kappa shape index (κ2) is 7.70. The predicted molar refractivity (Wildman–Crippen MR) is 106 cm³/mol. The first kappa shape index (κ1) is 19.2. The van der Waals surface area contributed by atoms with E-state index in [1.165, 1.54) is 16.4 Å². The summed E-state index contributed by atoms with van der Waals surface area (Å²) in [7, 11) is -3.79. The van der Waals surface area contributed by atoms with Crippen molar-refractivity contribution in [3.05, 3.63) is 65.2 Å². The second-order valence-electron chi connectivity index (χ2n) is 6.80. The van der Waals surface area contributed by atoms with Crippen LogP contribution in [0.5, 0.6) is 5.75 Å². The molecule has 0 aliphatic carbocycles. The molecular formula is C21H19N3O4S. The Morgan fingerprint density at radius 1 is 1.00 bits per heavy atom. The first-order chi connectivity index (χ1) is 14.0. The smallest absolute Gasteiger partial charge is 0.253 e. The number of rotatable bonds is 3. The van der Waals surface area contributed by atoms with Crippen LogP contribution in [0.4, 0.5) is 0 Å². The van der Waals surface area contributed by atoms with Crippen molar-refractivity contribution < 1.29 is 17.9 Å². The Morgan fingerprint density at radius 3 is 2.45 bits per heavy atom. The molecule has 2 aromatic rings. The third-order valence-electron chi connectivity index (χ3n) is 5.06. The fourth-order valence-corrected chi connectivity index (χ4v) is 5.06. The zero-order valence-electron chi connectivity index (χ0n) is 15.6. The van der Waals surface area contributed by atoms with Gasteiger partial charge in [0.1, 0.15) is 18.4 Å². The number of fused-ring (bicyclic) bond motifs is 1. The van der Waals surface area contributed by atoms with Gasteiger partial charge in [-0.3, -0.25) is 4.79 Å². The van der Waals surface area contributed by atoms with Gasteiger partial charge in [-0.05, 0) is 24.3 Å². The summed E-state index contributed by atoms with van der Waals surface area (Å²) in [6.07, 6.45) is 1.83. The number of piperazine rings is 1. The van der Waals surface area contributed by atoms with Crippen molar-refractivity contribution in [1.82, 2.24) is 9.21 Å². The summed E-state index contributed by atoms with van der Waals surface area (Å²) >= 11 is 0. The van der Waals surface area contributed by atoms with Crippen LogP contribution in [-0.2, 0) is 14.8 Å². The largest absolute Gasteiger partial charge is 0.488 e. The van der Waals surface area contributed by atoms with Gasteiger partial charge in [-0.15, -0.1) is 0 Å². The Hall–Kier alpha value is -3.15. The van der Waals surface area contributed by atoms with E-state index in [0.717, 1.165) is 11.3 Å². The van der Waals surface area contributed by atoms with E-state index < -0.39 is 10.0 Å². The zero-order valence-corrected chi connectivity index (χ0v) is 16.4. The van der Waals surface area contributed by atoms with Crippen molar-refractivity contribution in [3.8, 4) is 11.8 Å². The van der Waals surface area contributed by atoms with Gasteiger partial charge >= 0.3 is 0 Å². The molecule has 7 nitrogen and oxygen atoms in total. The van der Waals surface area contributed by atoms with E-state index in [0.29, 0.717) is 5.57 Å². The van der Waals surface area contributed by atoms with Crippen molar-refractivity contribution in [2.75, 3.05) is 32.8 Å². The van der Waals surface area contributed by atoms with E-state index >= 15 is 0 Å². The molecule has 0 spiro atoms. The number of amides is 1. The monoisotopic (exact) mass is 409 g/mol. The van der Waals surface area contributed by atoms with Crippen LogP contribution in [0.2, 0.25) is 0 Å². The maximum atomic E-state index is 12.9. The van der Waals surface area contributed by atoms with E-state index in [-0.39, 0.29) is 49.2 Å². The normalized spacial score (nSPS) is 16.9. The summed E-state index contributed by atoms with van der Waals surface area (Å²) in [6.45, 7) is 1.12. The first-order valence-corrected chi connectivity index (χ1v) is 10.7. The van der Waals surface area contributed by atoms with E-state index in [1.807, 2.05) is 36.4 Å². The molecule has 1 amide bonds. The molecule has 29 heavy (non-hydrogen) atoms. The molecule has 0 unspecified atom stereocenters. The van der Waals surface area contributed by atoms with Crippen LogP contribution in [-0.4, -0.2) is 56.3 Å². The molecule has 8 heteroatoms. The Kier molecular flexibility index (Phi) is 5.09. The highest BCUT2D eigenvalue weighted by Gasteiger charge is 2.32. The van der Waals surface area contributed by atoms with Crippen molar-refractivity contribution in [2.45, 2.75) is 4.90 Å². The van der Waals surface area contributed by atoms with Gasteiger partial charge in [0, 0.05) is 31.7 Å². The summed E-state index contributed by atoms with van der Waals surface area (Å²) in [5.41, 5.74) is 1.53. The number of ether oxygens (including phenoxy) is 1. The Labute approximate surface area is 169 Å². The highest BCUT2D eigenvalue weighted by molar-refractivity contribution is 7.89. The van der Waals surface area contributed by atoms with Crippen LogP contribution in [0.25, 0.3) is 6.08 Å². The third-order valence-corrected chi connectivity index (χ3v) is 7.01. The third kappa shape index (κ3) is 3.62. The van der Waals surface area contributed by atoms with Gasteiger partial charge in [0.15, 0.2) is 0 Å². The number of carbonyl (C=O) groups is 1.